The minimum atomic E-state index is -2.46. The molecule has 7 nitrogen and oxygen atoms in total. The van der Waals surface area contributed by atoms with Crippen LogP contribution in [0.3, 0.4) is 0 Å². The van der Waals surface area contributed by atoms with Crippen molar-refractivity contribution in [2.45, 2.75) is 0 Å². The summed E-state index contributed by atoms with van der Waals surface area (Å²) < 4.78 is 23.0. The summed E-state index contributed by atoms with van der Waals surface area (Å²) in [5.41, 5.74) is 1.93. The summed E-state index contributed by atoms with van der Waals surface area (Å²) in [6, 6.07) is 20.6. The third-order valence-electron chi connectivity index (χ3n) is 3.91. The Balaban J connectivity index is 1.51. The number of fused-ring (bicyclic) bond motifs is 2. The molecule has 0 saturated carbocycles. The topological polar surface area (TPSA) is 109 Å². The molecule has 2 heterocycles. The maximum Gasteiger partial charge on any atom is 0.805 e. The first-order valence-corrected chi connectivity index (χ1v) is 9.19. The molecule has 0 aliphatic heterocycles. The van der Waals surface area contributed by atoms with Crippen molar-refractivity contribution in [1.29, 1.82) is 10.5 Å². The van der Waals surface area contributed by atoms with Gasteiger partial charge < -0.3 is 0 Å². The van der Waals surface area contributed by atoms with Crippen LogP contribution in [-0.4, -0.2) is 9.97 Å². The maximum absolute atomic E-state index is 12.2. The van der Waals surface area contributed by atoms with E-state index in [0.29, 0.717) is 33.9 Å². The minimum absolute atomic E-state index is 0.322. The Bertz CT molecular complexity index is 1220. The molecule has 28 heavy (non-hydrogen) atoms. The summed E-state index contributed by atoms with van der Waals surface area (Å²) in [6.45, 7) is 0. The molecule has 0 N–H and O–H groups in total. The number of hydrogen-bond donors (Lipinski definition) is 0. The second-order valence-electron chi connectivity index (χ2n) is 5.73. The molecule has 0 aliphatic carbocycles. The van der Waals surface area contributed by atoms with Crippen LogP contribution in [0.2, 0.25) is 0 Å². The zero-order chi connectivity index (χ0) is 19.5. The number of rotatable bonds is 4. The normalized spacial score (nSPS) is 10.2. The Morgan fingerprint density at radius 2 is 1.18 bits per heavy atom. The maximum atomic E-state index is 12.2. The highest BCUT2D eigenvalue weighted by atomic mass is 31.1. The molecule has 2 aromatic carbocycles. The first kappa shape index (κ1) is 17.4. The number of nitrogens with zero attached hydrogens (tertiary/aromatic N) is 4. The third-order valence-corrected chi connectivity index (χ3v) is 4.63. The molecule has 0 fully saturated rings. The van der Waals surface area contributed by atoms with Crippen LogP contribution >= 0.6 is 8.25 Å². The van der Waals surface area contributed by atoms with Crippen LogP contribution < -0.4 is 9.05 Å². The van der Waals surface area contributed by atoms with E-state index in [1.165, 1.54) is 0 Å². The summed E-state index contributed by atoms with van der Waals surface area (Å²) >= 11 is 0. The van der Waals surface area contributed by atoms with Crippen LogP contribution in [-0.2, 0) is 4.57 Å². The van der Waals surface area contributed by atoms with Crippen molar-refractivity contribution in [3.63, 3.8) is 0 Å². The molecule has 0 amide bonds. The highest BCUT2D eigenvalue weighted by molar-refractivity contribution is 7.34. The molecule has 8 heteroatoms. The summed E-state index contributed by atoms with van der Waals surface area (Å²) in [7, 11) is -2.46. The van der Waals surface area contributed by atoms with Crippen molar-refractivity contribution < 1.29 is 13.6 Å². The van der Waals surface area contributed by atoms with Crippen LogP contribution in [0.5, 0.6) is 11.5 Å². The SMILES string of the molecule is N#Cc1ccc2cc(O[P+](=O)Oc3ccc4nc(C#N)ccc4c3)ccc2n1. The van der Waals surface area contributed by atoms with Crippen LogP contribution in [0.15, 0.2) is 60.7 Å². The van der Waals surface area contributed by atoms with E-state index in [-0.39, 0.29) is 0 Å². The van der Waals surface area contributed by atoms with E-state index in [1.54, 1.807) is 60.7 Å². The Kier molecular flexibility index (Phi) is 4.51. The molecule has 0 atom stereocenters. The van der Waals surface area contributed by atoms with Gasteiger partial charge in [0.15, 0.2) is 11.5 Å². The van der Waals surface area contributed by atoms with Crippen molar-refractivity contribution >= 4 is 30.1 Å². The lowest BCUT2D eigenvalue weighted by Crippen LogP contribution is -1.91. The Morgan fingerprint density at radius 1 is 0.714 bits per heavy atom. The molecule has 2 aromatic heterocycles. The molecular formula is C20H10N4O3P+. The van der Waals surface area contributed by atoms with Crippen LogP contribution in [0, 0.1) is 22.7 Å². The second kappa shape index (κ2) is 7.28. The molecule has 0 radical (unpaired) electrons. The summed E-state index contributed by atoms with van der Waals surface area (Å²) in [4.78, 5) is 8.35. The molecular weight excluding hydrogens is 375 g/mol. The Morgan fingerprint density at radius 3 is 1.61 bits per heavy atom. The number of pyridine rings is 2. The standard InChI is InChI=1S/C20H10N4O3P/c21-11-15-3-1-13-9-17(5-7-19(13)23-15)26-28(25)27-18-6-8-20-14(10-18)2-4-16(12-22)24-20/h1-10H/q+1. The van der Waals surface area contributed by atoms with Crippen molar-refractivity contribution in [3.8, 4) is 23.6 Å². The Labute approximate surface area is 160 Å². The van der Waals surface area contributed by atoms with Gasteiger partial charge in [0.2, 0.25) is 0 Å². The molecule has 0 saturated heterocycles. The van der Waals surface area contributed by atoms with Crippen molar-refractivity contribution in [2.24, 2.45) is 0 Å². The van der Waals surface area contributed by atoms with E-state index in [9.17, 15) is 4.57 Å². The first-order valence-electron chi connectivity index (χ1n) is 8.10. The van der Waals surface area contributed by atoms with Crippen LogP contribution in [0.25, 0.3) is 21.8 Å². The van der Waals surface area contributed by atoms with Crippen molar-refractivity contribution in [3.05, 3.63) is 72.1 Å². The average molecular weight is 385 g/mol. The van der Waals surface area contributed by atoms with E-state index in [1.807, 2.05) is 12.1 Å². The number of nitriles is 2. The van der Waals surface area contributed by atoms with Gasteiger partial charge in [-0.3, -0.25) is 0 Å². The van der Waals surface area contributed by atoms with Gasteiger partial charge in [-0.05, 0) is 60.7 Å². The lowest BCUT2D eigenvalue weighted by atomic mass is 10.2. The molecule has 4 aromatic rings. The van der Waals surface area contributed by atoms with Gasteiger partial charge in [-0.25, -0.2) is 19.0 Å². The third kappa shape index (κ3) is 3.57. The predicted molar refractivity (Wildman–Crippen MR) is 102 cm³/mol. The number of hydrogen-bond acceptors (Lipinski definition) is 7. The average Bonchev–Trinajstić information content (AvgIpc) is 2.72. The molecule has 0 unspecified atom stereocenters. The van der Waals surface area contributed by atoms with Gasteiger partial charge >= 0.3 is 8.25 Å². The predicted octanol–water partition coefficient (Wildman–Crippen LogP) is 4.64. The molecule has 4 rings (SSSR count). The molecule has 0 aliphatic rings. The van der Waals surface area contributed by atoms with Crippen LogP contribution in [0.4, 0.5) is 0 Å². The summed E-state index contributed by atoms with van der Waals surface area (Å²) in [5.74, 6) is 0.725. The second-order valence-corrected chi connectivity index (χ2v) is 6.54. The van der Waals surface area contributed by atoms with Crippen molar-refractivity contribution in [2.75, 3.05) is 0 Å². The monoisotopic (exact) mass is 385 g/mol. The van der Waals surface area contributed by atoms with Crippen LogP contribution in [0.1, 0.15) is 11.4 Å². The number of benzene rings is 2. The summed E-state index contributed by atoms with van der Waals surface area (Å²) in [6.07, 6.45) is 0. The van der Waals surface area contributed by atoms with Gasteiger partial charge in [-0.1, -0.05) is 0 Å². The quantitative estimate of drug-likeness (QED) is 0.471. The fourth-order valence-electron chi connectivity index (χ4n) is 2.64. The number of aromatic nitrogens is 2. The van der Waals surface area contributed by atoms with E-state index < -0.39 is 8.25 Å². The van der Waals surface area contributed by atoms with E-state index in [2.05, 4.69) is 9.97 Å². The first-order chi connectivity index (χ1) is 13.6. The van der Waals surface area contributed by atoms with Gasteiger partial charge in [0, 0.05) is 15.3 Å². The highest BCUT2D eigenvalue weighted by Gasteiger charge is 2.24. The van der Waals surface area contributed by atoms with Gasteiger partial charge in [-0.15, -0.1) is 0 Å². The molecule has 132 valence electrons. The van der Waals surface area contributed by atoms with E-state index in [4.69, 9.17) is 19.6 Å². The lowest BCUT2D eigenvalue weighted by Gasteiger charge is -2.00. The zero-order valence-corrected chi connectivity index (χ0v) is 15.1. The summed E-state index contributed by atoms with van der Waals surface area (Å²) in [5, 5.41) is 19.3. The van der Waals surface area contributed by atoms with Gasteiger partial charge in [-0.2, -0.15) is 10.5 Å². The van der Waals surface area contributed by atoms with Gasteiger partial charge in [0.05, 0.1) is 11.0 Å². The fraction of sp³-hybridized carbons (Fsp3) is 0. The van der Waals surface area contributed by atoms with E-state index in [0.717, 1.165) is 10.8 Å². The largest absolute Gasteiger partial charge is 0.805 e. The highest BCUT2D eigenvalue weighted by Crippen LogP contribution is 2.33. The van der Waals surface area contributed by atoms with Gasteiger partial charge in [0.1, 0.15) is 23.5 Å². The fourth-order valence-corrected chi connectivity index (χ4v) is 3.24. The smallest absolute Gasteiger partial charge is 0.237 e. The Hall–Kier alpha value is -4.06. The van der Waals surface area contributed by atoms with E-state index >= 15 is 0 Å². The molecule has 0 bridgehead atoms. The lowest BCUT2D eigenvalue weighted by molar-refractivity contribution is 0.416. The van der Waals surface area contributed by atoms with Crippen molar-refractivity contribution in [1.82, 2.24) is 9.97 Å². The van der Waals surface area contributed by atoms with Gasteiger partial charge in [0.25, 0.3) is 0 Å². The molecule has 0 spiro atoms. The zero-order valence-electron chi connectivity index (χ0n) is 14.2. The minimum Gasteiger partial charge on any atom is -0.237 e.